The molecule has 0 N–H and O–H groups in total. The van der Waals surface area contributed by atoms with Gasteiger partial charge in [-0.1, -0.05) is 12.1 Å². The van der Waals surface area contributed by atoms with Gasteiger partial charge in [-0.15, -0.1) is 0 Å². The Kier molecular flexibility index (Phi) is 5.73. The summed E-state index contributed by atoms with van der Waals surface area (Å²) in [5.74, 6) is -0.289. The Labute approximate surface area is 181 Å². The van der Waals surface area contributed by atoms with Gasteiger partial charge >= 0.3 is 6.18 Å². The number of aromatic nitrogens is 3. The van der Waals surface area contributed by atoms with Crippen LogP contribution in [-0.4, -0.2) is 64.5 Å². The maximum atomic E-state index is 13.3. The predicted octanol–water partition coefficient (Wildman–Crippen LogP) is 2.43. The zero-order valence-electron chi connectivity index (χ0n) is 16.6. The summed E-state index contributed by atoms with van der Waals surface area (Å²) in [6.07, 6.45) is -1.88. The Hall–Kier alpha value is -3.25. The molecule has 4 rings (SSSR count). The molecule has 0 unspecified atom stereocenters. The molecule has 1 aliphatic rings. The van der Waals surface area contributed by atoms with Gasteiger partial charge < -0.3 is 4.90 Å². The van der Waals surface area contributed by atoms with Crippen LogP contribution in [0.4, 0.5) is 13.2 Å². The number of piperazine rings is 1. The number of carbonyl (C=O) groups excluding carboxylic acids is 1. The topological polar surface area (TPSA) is 88.4 Å². The van der Waals surface area contributed by atoms with Crippen molar-refractivity contribution < 1.29 is 26.4 Å². The lowest BCUT2D eigenvalue weighted by molar-refractivity contribution is -0.139. The molecule has 0 bridgehead atoms. The molecule has 32 heavy (non-hydrogen) atoms. The van der Waals surface area contributed by atoms with Gasteiger partial charge in [-0.2, -0.15) is 22.6 Å². The smallest absolute Gasteiger partial charge is 0.336 e. The van der Waals surface area contributed by atoms with Crippen LogP contribution in [0.15, 0.2) is 66.1 Å². The quantitative estimate of drug-likeness (QED) is 0.591. The number of hydrogen-bond acceptors (Lipinski definition) is 5. The minimum absolute atomic E-state index is 0.0665. The van der Waals surface area contributed by atoms with Crippen molar-refractivity contribution in [1.82, 2.24) is 24.0 Å². The first-order chi connectivity index (χ1) is 15.2. The SMILES string of the molecule is O=C(c1ccc(-n2cncn2)cc1)N1CCN(S(=O)(=O)c2ccccc2C(F)(F)F)CC1. The highest BCUT2D eigenvalue weighted by Gasteiger charge is 2.39. The fraction of sp³-hybridized carbons (Fsp3) is 0.250. The summed E-state index contributed by atoms with van der Waals surface area (Å²) in [6.45, 7) is -0.0667. The van der Waals surface area contributed by atoms with Crippen molar-refractivity contribution in [3.63, 3.8) is 0 Å². The van der Waals surface area contributed by atoms with Gasteiger partial charge in [-0.3, -0.25) is 4.79 Å². The van der Waals surface area contributed by atoms with Crippen molar-refractivity contribution in [2.45, 2.75) is 11.1 Å². The minimum atomic E-state index is -4.79. The van der Waals surface area contributed by atoms with E-state index in [-0.39, 0.29) is 32.1 Å². The molecule has 1 fully saturated rings. The minimum Gasteiger partial charge on any atom is -0.336 e. The highest BCUT2D eigenvalue weighted by molar-refractivity contribution is 7.89. The Bertz CT molecular complexity index is 1200. The normalized spacial score (nSPS) is 15.7. The number of rotatable bonds is 4. The molecule has 2 aromatic carbocycles. The number of nitrogens with zero attached hydrogens (tertiary/aromatic N) is 5. The van der Waals surface area contributed by atoms with E-state index in [4.69, 9.17) is 0 Å². The van der Waals surface area contributed by atoms with E-state index in [2.05, 4.69) is 10.1 Å². The van der Waals surface area contributed by atoms with Crippen LogP contribution in [-0.2, 0) is 16.2 Å². The lowest BCUT2D eigenvalue weighted by Gasteiger charge is -2.34. The second-order valence-corrected chi connectivity index (χ2v) is 8.98. The molecule has 0 aliphatic carbocycles. The van der Waals surface area contributed by atoms with Crippen LogP contribution in [0.1, 0.15) is 15.9 Å². The largest absolute Gasteiger partial charge is 0.417 e. The van der Waals surface area contributed by atoms with E-state index in [0.29, 0.717) is 5.56 Å². The Morgan fingerprint density at radius 3 is 2.19 bits per heavy atom. The van der Waals surface area contributed by atoms with Crippen LogP contribution in [0.3, 0.4) is 0 Å². The summed E-state index contributed by atoms with van der Waals surface area (Å²) in [7, 11) is -4.36. The number of hydrogen-bond donors (Lipinski definition) is 0. The molecule has 168 valence electrons. The van der Waals surface area contributed by atoms with Gasteiger partial charge in [-0.05, 0) is 36.4 Å². The summed E-state index contributed by atoms with van der Waals surface area (Å²) in [5, 5.41) is 4.01. The van der Waals surface area contributed by atoms with E-state index in [0.717, 1.165) is 28.2 Å². The van der Waals surface area contributed by atoms with Gasteiger partial charge in [0.1, 0.15) is 12.7 Å². The number of sulfonamides is 1. The van der Waals surface area contributed by atoms with Gasteiger partial charge in [0.2, 0.25) is 10.0 Å². The highest BCUT2D eigenvalue weighted by atomic mass is 32.2. The highest BCUT2D eigenvalue weighted by Crippen LogP contribution is 2.35. The molecule has 0 atom stereocenters. The molecule has 1 amide bonds. The molecule has 2 heterocycles. The van der Waals surface area contributed by atoms with E-state index in [1.165, 1.54) is 28.3 Å². The third kappa shape index (κ3) is 4.23. The maximum Gasteiger partial charge on any atom is 0.417 e. The van der Waals surface area contributed by atoms with Gasteiger partial charge in [0.25, 0.3) is 5.91 Å². The molecular weight excluding hydrogens is 447 g/mol. The third-order valence-electron chi connectivity index (χ3n) is 5.13. The number of carbonyl (C=O) groups is 1. The first kappa shape index (κ1) is 22.0. The number of alkyl halides is 3. The average Bonchev–Trinajstić information content (AvgIpc) is 3.33. The molecule has 1 saturated heterocycles. The first-order valence-electron chi connectivity index (χ1n) is 9.58. The molecule has 1 aromatic heterocycles. The van der Waals surface area contributed by atoms with Crippen LogP contribution in [0.25, 0.3) is 5.69 Å². The van der Waals surface area contributed by atoms with Crippen LogP contribution in [0.5, 0.6) is 0 Å². The number of halogens is 3. The van der Waals surface area contributed by atoms with E-state index >= 15 is 0 Å². The second kappa shape index (κ2) is 8.36. The molecule has 12 heteroatoms. The van der Waals surface area contributed by atoms with Crippen molar-refractivity contribution in [1.29, 1.82) is 0 Å². The average molecular weight is 465 g/mol. The van der Waals surface area contributed by atoms with Gasteiger partial charge in [0.05, 0.1) is 16.1 Å². The van der Waals surface area contributed by atoms with Gasteiger partial charge in [0, 0.05) is 31.7 Å². The number of amides is 1. The Morgan fingerprint density at radius 1 is 0.938 bits per heavy atom. The lowest BCUT2D eigenvalue weighted by Crippen LogP contribution is -2.50. The first-order valence-corrected chi connectivity index (χ1v) is 11.0. The molecule has 3 aromatic rings. The van der Waals surface area contributed by atoms with Gasteiger partial charge in [0.15, 0.2) is 0 Å². The summed E-state index contributed by atoms with van der Waals surface area (Å²) in [5.41, 5.74) is -0.0724. The zero-order valence-corrected chi connectivity index (χ0v) is 17.4. The summed E-state index contributed by atoms with van der Waals surface area (Å²) >= 11 is 0. The molecule has 0 spiro atoms. The Morgan fingerprint density at radius 2 is 1.59 bits per heavy atom. The van der Waals surface area contributed by atoms with Crippen molar-refractivity contribution in [2.75, 3.05) is 26.2 Å². The Balaban J connectivity index is 1.46. The molecule has 0 saturated carbocycles. The van der Waals surface area contributed by atoms with Crippen molar-refractivity contribution >= 4 is 15.9 Å². The fourth-order valence-electron chi connectivity index (χ4n) is 3.48. The van der Waals surface area contributed by atoms with Crippen molar-refractivity contribution in [3.05, 3.63) is 72.3 Å². The van der Waals surface area contributed by atoms with E-state index in [1.54, 1.807) is 24.3 Å². The van der Waals surface area contributed by atoms with Crippen molar-refractivity contribution in [3.8, 4) is 5.69 Å². The molecular formula is C20H18F3N5O3S. The molecule has 0 radical (unpaired) electrons. The summed E-state index contributed by atoms with van der Waals surface area (Å²) in [4.78, 5) is 17.3. The lowest BCUT2D eigenvalue weighted by atomic mass is 10.1. The fourth-order valence-corrected chi connectivity index (χ4v) is 5.11. The monoisotopic (exact) mass is 465 g/mol. The second-order valence-electron chi connectivity index (χ2n) is 7.08. The zero-order chi connectivity index (χ0) is 22.9. The number of benzene rings is 2. The van der Waals surface area contributed by atoms with Crippen LogP contribution < -0.4 is 0 Å². The predicted molar refractivity (Wildman–Crippen MR) is 107 cm³/mol. The summed E-state index contributed by atoms with van der Waals surface area (Å²) < 4.78 is 68.1. The van der Waals surface area contributed by atoms with Gasteiger partial charge in [-0.25, -0.2) is 18.1 Å². The van der Waals surface area contributed by atoms with Crippen molar-refractivity contribution in [2.24, 2.45) is 0 Å². The molecule has 8 nitrogen and oxygen atoms in total. The van der Waals surface area contributed by atoms with E-state index in [1.807, 2.05) is 0 Å². The third-order valence-corrected chi connectivity index (χ3v) is 7.09. The summed E-state index contributed by atoms with van der Waals surface area (Å²) in [6, 6.07) is 10.8. The molecule has 1 aliphatic heterocycles. The van der Waals surface area contributed by atoms with Crippen LogP contribution in [0, 0.1) is 0 Å². The standard InChI is InChI=1S/C20H18F3N5O3S/c21-20(22,23)17-3-1-2-4-18(17)32(30,31)27-11-9-26(10-12-27)19(29)15-5-7-16(8-6-15)28-14-24-13-25-28/h1-8,13-14H,9-12H2. The maximum absolute atomic E-state index is 13.3. The van der Waals surface area contributed by atoms with Crippen LogP contribution >= 0.6 is 0 Å². The van der Waals surface area contributed by atoms with Crippen LogP contribution in [0.2, 0.25) is 0 Å². The van der Waals surface area contributed by atoms with E-state index in [9.17, 15) is 26.4 Å². The van der Waals surface area contributed by atoms with E-state index < -0.39 is 26.7 Å².